The molecule has 2 N–H and O–H groups in total. The van der Waals surface area contributed by atoms with Gasteiger partial charge in [0.25, 0.3) is 0 Å². The van der Waals surface area contributed by atoms with Crippen molar-refractivity contribution in [3.8, 4) is 0 Å². The summed E-state index contributed by atoms with van der Waals surface area (Å²) in [4.78, 5) is 6.09. The van der Waals surface area contributed by atoms with E-state index in [9.17, 15) is 0 Å². The topological polar surface area (TPSA) is 36.4 Å². The second-order valence-corrected chi connectivity index (χ2v) is 10.2. The van der Waals surface area contributed by atoms with Crippen LogP contribution < -0.4 is 10.0 Å². The minimum atomic E-state index is 0.742. The number of nitrogens with zero attached hydrogens (tertiary/aromatic N) is 1. The van der Waals surface area contributed by atoms with E-state index in [1.807, 2.05) is 65.0 Å². The summed E-state index contributed by atoms with van der Waals surface area (Å²) >= 11 is 1.61. The first-order valence-corrected chi connectivity index (χ1v) is 16.0. The summed E-state index contributed by atoms with van der Waals surface area (Å²) in [5.74, 6) is 0. The molecule has 1 atom stereocenters. The van der Waals surface area contributed by atoms with Gasteiger partial charge in [-0.15, -0.1) is 9.24 Å². The van der Waals surface area contributed by atoms with Gasteiger partial charge in [-0.1, -0.05) is 115 Å². The highest BCUT2D eigenvalue weighted by Gasteiger charge is 2.06. The molecule has 3 nitrogen and oxygen atoms in total. The lowest BCUT2D eigenvalue weighted by Gasteiger charge is -2.12. The Morgan fingerprint density at radius 2 is 1.44 bits per heavy atom. The van der Waals surface area contributed by atoms with Gasteiger partial charge < -0.3 is 10.0 Å². The number of anilines is 1. The Morgan fingerprint density at radius 1 is 0.878 bits per heavy atom. The monoisotopic (exact) mass is 589 g/mol. The standard InChI is InChI=1S/C29H32N3PS.C3H8.2C2H6/c1-5-29(33)23(4)31-28(27-14-10-9-11-21(27)2)19-22(3)30-20-24-15-17-25(18-16-24)32-34-26-12-7-6-8-13-26;1-3-2;2*1-2/h5-19,30,32H,1,20,33H2,2-4H3;3H2,1-2H3;2*1-2H3/b22-19+,29-23-,31-28+;;;. The van der Waals surface area contributed by atoms with Crippen LogP contribution in [-0.2, 0) is 6.54 Å². The van der Waals surface area contributed by atoms with Crippen molar-refractivity contribution in [1.82, 2.24) is 5.32 Å². The van der Waals surface area contributed by atoms with Crippen molar-refractivity contribution < 1.29 is 0 Å². The van der Waals surface area contributed by atoms with Crippen LogP contribution >= 0.6 is 21.2 Å². The maximum atomic E-state index is 4.91. The molecule has 41 heavy (non-hydrogen) atoms. The summed E-state index contributed by atoms with van der Waals surface area (Å²) < 4.78 is 3.39. The molecule has 0 aliphatic carbocycles. The van der Waals surface area contributed by atoms with Crippen molar-refractivity contribution in [2.24, 2.45) is 4.99 Å². The van der Waals surface area contributed by atoms with Gasteiger partial charge in [-0.2, -0.15) is 0 Å². The zero-order chi connectivity index (χ0) is 31.0. The van der Waals surface area contributed by atoms with E-state index in [-0.39, 0.29) is 0 Å². The number of nitrogens with one attached hydrogen (secondary N) is 2. The molecule has 1 unspecified atom stereocenters. The third-order valence-corrected chi connectivity index (χ3v) is 6.75. The van der Waals surface area contributed by atoms with Crippen LogP contribution in [0.4, 0.5) is 5.69 Å². The Morgan fingerprint density at radius 3 is 2.00 bits per heavy atom. The van der Waals surface area contributed by atoms with Gasteiger partial charge >= 0.3 is 0 Å². The molecule has 0 amide bonds. The fraction of sp³-hybridized carbons (Fsp3) is 0.306. The number of aryl methyl sites for hydroxylation is 1. The van der Waals surface area contributed by atoms with Crippen molar-refractivity contribution in [3.05, 3.63) is 131 Å². The normalized spacial score (nSPS) is 11.3. The van der Waals surface area contributed by atoms with Crippen LogP contribution in [0.1, 0.15) is 78.5 Å². The first kappa shape index (κ1) is 37.9. The highest BCUT2D eigenvalue weighted by molar-refractivity contribution is 8.00. The molecule has 3 aromatic rings. The molecule has 0 saturated heterocycles. The minimum Gasteiger partial charge on any atom is -0.384 e. The van der Waals surface area contributed by atoms with E-state index in [2.05, 4.69) is 114 Å². The highest BCUT2D eigenvalue weighted by atomic mass is 32.2. The van der Waals surface area contributed by atoms with Gasteiger partial charge in [0.2, 0.25) is 0 Å². The minimum absolute atomic E-state index is 0.742. The molecule has 0 saturated carbocycles. The molecule has 0 aliphatic rings. The fourth-order valence-corrected chi connectivity index (χ4v) is 3.95. The van der Waals surface area contributed by atoms with Gasteiger partial charge in [0.15, 0.2) is 0 Å². The van der Waals surface area contributed by atoms with Gasteiger partial charge in [0, 0.05) is 34.1 Å². The number of benzene rings is 3. The van der Waals surface area contributed by atoms with E-state index in [0.29, 0.717) is 0 Å². The molecule has 0 heterocycles. The van der Waals surface area contributed by atoms with Crippen LogP contribution in [0.15, 0.2) is 124 Å². The maximum absolute atomic E-state index is 4.91. The number of aliphatic imine (C=N–C) groups is 1. The van der Waals surface area contributed by atoms with Gasteiger partial charge in [-0.3, -0.25) is 4.99 Å². The van der Waals surface area contributed by atoms with Crippen LogP contribution in [0.25, 0.3) is 0 Å². The predicted octanol–water partition coefficient (Wildman–Crippen LogP) is 11.4. The molecule has 0 radical (unpaired) electrons. The lowest BCUT2D eigenvalue weighted by atomic mass is 10.0. The third kappa shape index (κ3) is 15.5. The molecule has 5 heteroatoms. The third-order valence-electron chi connectivity index (χ3n) is 5.26. The summed E-state index contributed by atoms with van der Waals surface area (Å²) in [7, 11) is 2.70. The molecule has 3 rings (SSSR count). The van der Waals surface area contributed by atoms with Gasteiger partial charge in [-0.05, 0) is 79.5 Å². The number of hydrogen-bond donors (Lipinski definition) is 2. The van der Waals surface area contributed by atoms with E-state index in [1.165, 1.54) is 22.4 Å². The molecule has 0 spiro atoms. The first-order valence-electron chi connectivity index (χ1n) is 14.6. The van der Waals surface area contributed by atoms with Crippen LogP contribution in [0.5, 0.6) is 0 Å². The van der Waals surface area contributed by atoms with Crippen molar-refractivity contribution in [3.63, 3.8) is 0 Å². The Kier molecular flexibility index (Phi) is 21.8. The van der Waals surface area contributed by atoms with Crippen LogP contribution in [-0.4, -0.2) is 5.71 Å². The van der Waals surface area contributed by atoms with Gasteiger partial charge in [0.1, 0.15) is 0 Å². The van der Waals surface area contributed by atoms with Crippen LogP contribution in [0, 0.1) is 6.92 Å². The predicted molar refractivity (Wildman–Crippen MR) is 192 cm³/mol. The average molecular weight is 590 g/mol. The fourth-order valence-electron chi connectivity index (χ4n) is 3.22. The van der Waals surface area contributed by atoms with E-state index in [4.69, 9.17) is 4.99 Å². The molecule has 3 aromatic carbocycles. The van der Waals surface area contributed by atoms with Crippen molar-refractivity contribution in [2.45, 2.75) is 80.2 Å². The van der Waals surface area contributed by atoms with Gasteiger partial charge in [0.05, 0.1) is 5.71 Å². The molecule has 0 aromatic heterocycles. The number of rotatable bonds is 10. The van der Waals surface area contributed by atoms with E-state index >= 15 is 0 Å². The molecule has 0 bridgehead atoms. The van der Waals surface area contributed by atoms with Crippen LogP contribution in [0.3, 0.4) is 0 Å². The maximum Gasteiger partial charge on any atom is 0.0725 e. The summed E-state index contributed by atoms with van der Waals surface area (Å²) in [6.45, 7) is 23.0. The SMILES string of the molecule is C=C/C(P)=C(C)/N=C(\C=C(/C)NCc1ccc(NSc2ccccc2)cc1)c1ccccc1C.CC.CC.CCC. The second-order valence-electron chi connectivity index (χ2n) is 8.66. The molecular formula is C36H52N3PS. The Bertz CT molecular complexity index is 1210. The highest BCUT2D eigenvalue weighted by Crippen LogP contribution is 2.21. The van der Waals surface area contributed by atoms with Crippen molar-refractivity contribution >= 4 is 32.6 Å². The molecule has 0 fully saturated rings. The first-order chi connectivity index (χ1) is 19.9. The number of hydrogen-bond acceptors (Lipinski definition) is 4. The summed E-state index contributed by atoms with van der Waals surface area (Å²) in [5, 5.41) is 4.52. The zero-order valence-corrected chi connectivity index (χ0v) is 28.7. The van der Waals surface area contributed by atoms with E-state index in [0.717, 1.165) is 40.2 Å². The summed E-state index contributed by atoms with van der Waals surface area (Å²) in [6, 6.07) is 27.1. The Labute approximate surface area is 258 Å². The van der Waals surface area contributed by atoms with E-state index in [1.54, 1.807) is 11.9 Å². The number of allylic oxidation sites excluding steroid dienone is 5. The lowest BCUT2D eigenvalue weighted by Crippen LogP contribution is -2.13. The van der Waals surface area contributed by atoms with Crippen LogP contribution in [0.2, 0.25) is 0 Å². The molecule has 0 aliphatic heterocycles. The smallest absolute Gasteiger partial charge is 0.0725 e. The Balaban J connectivity index is 0.00000210. The van der Waals surface area contributed by atoms with E-state index < -0.39 is 0 Å². The average Bonchev–Trinajstić information content (AvgIpc) is 3.02. The van der Waals surface area contributed by atoms with Gasteiger partial charge in [-0.25, -0.2) is 0 Å². The molecule has 222 valence electrons. The van der Waals surface area contributed by atoms with Crippen molar-refractivity contribution in [1.29, 1.82) is 0 Å². The zero-order valence-electron chi connectivity index (χ0n) is 26.7. The summed E-state index contributed by atoms with van der Waals surface area (Å²) in [5.41, 5.74) is 7.53. The quantitative estimate of drug-likeness (QED) is 0.107. The lowest BCUT2D eigenvalue weighted by molar-refractivity contribution is 0.813. The Hall–Kier alpha value is -3.07. The second kappa shape index (κ2) is 23.6. The van der Waals surface area contributed by atoms with Crippen molar-refractivity contribution in [2.75, 3.05) is 4.72 Å². The summed E-state index contributed by atoms with van der Waals surface area (Å²) in [6.07, 6.45) is 5.17. The largest absolute Gasteiger partial charge is 0.384 e. The molecular weight excluding hydrogens is 537 g/mol.